The zero-order valence-corrected chi connectivity index (χ0v) is 8.99. The Morgan fingerprint density at radius 1 is 1.50 bits per heavy atom. The summed E-state index contributed by atoms with van der Waals surface area (Å²) >= 11 is 0. The standard InChI is InChI=1S/C12H12N4/c1-9-2-3-10(5-13)12(4-9)15-7-11-6-14-8-16-11/h2-4,6,8,15H,7H2,1H3,(H,14,16). The molecule has 80 valence electrons. The molecule has 0 unspecified atom stereocenters. The van der Waals surface area contributed by atoms with Gasteiger partial charge in [0.15, 0.2) is 0 Å². The van der Waals surface area contributed by atoms with Gasteiger partial charge in [0.05, 0.1) is 29.8 Å². The van der Waals surface area contributed by atoms with Crippen molar-refractivity contribution in [3.8, 4) is 6.07 Å². The quantitative estimate of drug-likeness (QED) is 0.819. The number of H-pyrrole nitrogens is 1. The van der Waals surface area contributed by atoms with Crippen LogP contribution in [0.15, 0.2) is 30.7 Å². The van der Waals surface area contributed by atoms with Gasteiger partial charge in [0, 0.05) is 6.20 Å². The third-order valence-corrected chi connectivity index (χ3v) is 2.32. The molecule has 0 aliphatic heterocycles. The highest BCUT2D eigenvalue weighted by atomic mass is 14.9. The van der Waals surface area contributed by atoms with E-state index in [1.807, 2.05) is 25.1 Å². The van der Waals surface area contributed by atoms with Gasteiger partial charge < -0.3 is 10.3 Å². The fourth-order valence-electron chi connectivity index (χ4n) is 1.47. The molecule has 2 N–H and O–H groups in total. The molecule has 2 rings (SSSR count). The highest BCUT2D eigenvalue weighted by molar-refractivity contribution is 5.58. The molecule has 4 heteroatoms. The lowest BCUT2D eigenvalue weighted by atomic mass is 10.1. The van der Waals surface area contributed by atoms with Crippen molar-refractivity contribution >= 4 is 5.69 Å². The highest BCUT2D eigenvalue weighted by Crippen LogP contribution is 2.17. The van der Waals surface area contributed by atoms with Crippen LogP contribution in [0.25, 0.3) is 0 Å². The minimum Gasteiger partial charge on any atom is -0.378 e. The number of anilines is 1. The molecular formula is C12H12N4. The normalized spacial score (nSPS) is 9.75. The van der Waals surface area contributed by atoms with E-state index in [2.05, 4.69) is 21.4 Å². The van der Waals surface area contributed by atoms with Gasteiger partial charge in [0.1, 0.15) is 6.07 Å². The van der Waals surface area contributed by atoms with Crippen molar-refractivity contribution in [2.75, 3.05) is 5.32 Å². The molecule has 1 aromatic carbocycles. The maximum atomic E-state index is 8.96. The van der Waals surface area contributed by atoms with Crippen LogP contribution in [0.3, 0.4) is 0 Å². The molecule has 0 atom stereocenters. The summed E-state index contributed by atoms with van der Waals surface area (Å²) in [6.45, 7) is 2.64. The second kappa shape index (κ2) is 4.49. The lowest BCUT2D eigenvalue weighted by Gasteiger charge is -2.07. The topological polar surface area (TPSA) is 64.5 Å². The van der Waals surface area contributed by atoms with E-state index >= 15 is 0 Å². The maximum absolute atomic E-state index is 8.96. The summed E-state index contributed by atoms with van der Waals surface area (Å²) in [5.41, 5.74) is 3.64. The number of hydrogen-bond donors (Lipinski definition) is 2. The molecule has 0 amide bonds. The average molecular weight is 212 g/mol. The van der Waals surface area contributed by atoms with Crippen molar-refractivity contribution in [3.05, 3.63) is 47.5 Å². The van der Waals surface area contributed by atoms with Crippen molar-refractivity contribution < 1.29 is 0 Å². The smallest absolute Gasteiger partial charge is 0.101 e. The number of aromatic amines is 1. The van der Waals surface area contributed by atoms with E-state index in [9.17, 15) is 0 Å². The van der Waals surface area contributed by atoms with Gasteiger partial charge in [0.25, 0.3) is 0 Å². The van der Waals surface area contributed by atoms with E-state index in [0.29, 0.717) is 12.1 Å². The molecule has 0 radical (unpaired) electrons. The van der Waals surface area contributed by atoms with E-state index in [4.69, 9.17) is 5.26 Å². The van der Waals surface area contributed by atoms with Crippen molar-refractivity contribution in [1.82, 2.24) is 9.97 Å². The molecule has 0 bridgehead atoms. The molecule has 2 aromatic rings. The fraction of sp³-hybridized carbons (Fsp3) is 0.167. The van der Waals surface area contributed by atoms with E-state index in [1.54, 1.807) is 12.5 Å². The summed E-state index contributed by atoms with van der Waals surface area (Å²) in [5.74, 6) is 0. The summed E-state index contributed by atoms with van der Waals surface area (Å²) < 4.78 is 0. The largest absolute Gasteiger partial charge is 0.378 e. The Morgan fingerprint density at radius 3 is 3.06 bits per heavy atom. The Labute approximate surface area is 94.0 Å². The van der Waals surface area contributed by atoms with Gasteiger partial charge in [-0.1, -0.05) is 6.07 Å². The fourth-order valence-corrected chi connectivity index (χ4v) is 1.47. The number of aromatic nitrogens is 2. The monoisotopic (exact) mass is 212 g/mol. The first-order valence-electron chi connectivity index (χ1n) is 5.01. The number of aryl methyl sites for hydroxylation is 1. The third kappa shape index (κ3) is 2.20. The number of imidazole rings is 1. The van der Waals surface area contributed by atoms with Gasteiger partial charge in [-0.25, -0.2) is 4.98 Å². The van der Waals surface area contributed by atoms with Gasteiger partial charge in [-0.15, -0.1) is 0 Å². The molecule has 1 aromatic heterocycles. The van der Waals surface area contributed by atoms with E-state index in [-0.39, 0.29) is 0 Å². The average Bonchev–Trinajstić information content (AvgIpc) is 2.79. The number of nitriles is 1. The van der Waals surface area contributed by atoms with Crippen molar-refractivity contribution in [3.63, 3.8) is 0 Å². The number of benzene rings is 1. The van der Waals surface area contributed by atoms with E-state index < -0.39 is 0 Å². The Bertz CT molecular complexity index is 508. The minimum absolute atomic E-state index is 0.637. The molecule has 0 fully saturated rings. The zero-order valence-electron chi connectivity index (χ0n) is 8.99. The maximum Gasteiger partial charge on any atom is 0.101 e. The van der Waals surface area contributed by atoms with Crippen LogP contribution in [0.4, 0.5) is 5.69 Å². The third-order valence-electron chi connectivity index (χ3n) is 2.32. The molecule has 0 saturated heterocycles. The summed E-state index contributed by atoms with van der Waals surface area (Å²) in [4.78, 5) is 6.94. The first-order chi connectivity index (χ1) is 7.79. The summed E-state index contributed by atoms with van der Waals surface area (Å²) in [7, 11) is 0. The van der Waals surface area contributed by atoms with Gasteiger partial charge in [0.2, 0.25) is 0 Å². The molecule has 4 nitrogen and oxygen atoms in total. The van der Waals surface area contributed by atoms with Crippen LogP contribution in [-0.4, -0.2) is 9.97 Å². The predicted octanol–water partition coefficient (Wildman–Crippen LogP) is 2.20. The number of hydrogen-bond acceptors (Lipinski definition) is 3. The van der Waals surface area contributed by atoms with Crippen LogP contribution in [-0.2, 0) is 6.54 Å². The van der Waals surface area contributed by atoms with Crippen molar-refractivity contribution in [2.24, 2.45) is 0 Å². The minimum atomic E-state index is 0.637. The molecule has 1 heterocycles. The number of nitrogens with one attached hydrogen (secondary N) is 2. The molecule has 0 saturated carbocycles. The van der Waals surface area contributed by atoms with Crippen LogP contribution < -0.4 is 5.32 Å². The van der Waals surface area contributed by atoms with Crippen LogP contribution in [0, 0.1) is 18.3 Å². The Hall–Kier alpha value is -2.28. The lowest BCUT2D eigenvalue weighted by molar-refractivity contribution is 1.07. The summed E-state index contributed by atoms with van der Waals surface area (Å²) in [6.07, 6.45) is 3.40. The molecule has 0 spiro atoms. The molecule has 0 aliphatic carbocycles. The highest BCUT2D eigenvalue weighted by Gasteiger charge is 2.02. The molecular weight excluding hydrogens is 200 g/mol. The first kappa shape index (κ1) is 10.2. The van der Waals surface area contributed by atoms with Crippen LogP contribution in [0.5, 0.6) is 0 Å². The Morgan fingerprint density at radius 2 is 2.38 bits per heavy atom. The van der Waals surface area contributed by atoms with Crippen LogP contribution in [0.2, 0.25) is 0 Å². The van der Waals surface area contributed by atoms with Gasteiger partial charge in [-0.05, 0) is 24.6 Å². The lowest BCUT2D eigenvalue weighted by Crippen LogP contribution is -2.01. The first-order valence-corrected chi connectivity index (χ1v) is 5.01. The predicted molar refractivity (Wildman–Crippen MR) is 61.8 cm³/mol. The van der Waals surface area contributed by atoms with E-state index in [1.165, 1.54) is 0 Å². The van der Waals surface area contributed by atoms with Gasteiger partial charge >= 0.3 is 0 Å². The number of nitrogens with zero attached hydrogens (tertiary/aromatic N) is 2. The molecule has 16 heavy (non-hydrogen) atoms. The Kier molecular flexibility index (Phi) is 2.88. The van der Waals surface area contributed by atoms with Crippen molar-refractivity contribution in [1.29, 1.82) is 5.26 Å². The van der Waals surface area contributed by atoms with Gasteiger partial charge in [-0.2, -0.15) is 5.26 Å². The number of rotatable bonds is 3. The van der Waals surface area contributed by atoms with Crippen molar-refractivity contribution in [2.45, 2.75) is 13.5 Å². The summed E-state index contributed by atoms with van der Waals surface area (Å²) in [6, 6.07) is 7.89. The van der Waals surface area contributed by atoms with Crippen LogP contribution in [0.1, 0.15) is 16.8 Å². The summed E-state index contributed by atoms with van der Waals surface area (Å²) in [5, 5.41) is 12.2. The second-order valence-electron chi connectivity index (χ2n) is 3.59. The molecule has 0 aliphatic rings. The second-order valence-corrected chi connectivity index (χ2v) is 3.59. The van der Waals surface area contributed by atoms with Crippen LogP contribution >= 0.6 is 0 Å². The SMILES string of the molecule is Cc1ccc(C#N)c(NCc2cnc[nH]2)c1. The van der Waals surface area contributed by atoms with Gasteiger partial charge in [-0.3, -0.25) is 0 Å². The zero-order chi connectivity index (χ0) is 11.4. The van der Waals surface area contributed by atoms with E-state index in [0.717, 1.165) is 16.9 Å². The Balaban J connectivity index is 2.15.